The summed E-state index contributed by atoms with van der Waals surface area (Å²) in [5.74, 6) is -1.03. The number of nitrogens with zero attached hydrogens (tertiary/aromatic N) is 2. The van der Waals surface area contributed by atoms with Crippen LogP contribution in [0.25, 0.3) is 10.4 Å². The molecule has 1 aromatic heterocycles. The van der Waals surface area contributed by atoms with Crippen LogP contribution in [-0.2, 0) is 11.3 Å². The van der Waals surface area contributed by atoms with Gasteiger partial charge in [-0.3, -0.25) is 4.79 Å². The molecule has 0 spiro atoms. The molecule has 160 valence electrons. The molecule has 3 aromatic rings. The van der Waals surface area contributed by atoms with Crippen LogP contribution in [0, 0.1) is 11.6 Å². The summed E-state index contributed by atoms with van der Waals surface area (Å²) in [5, 5.41) is 0. The highest BCUT2D eigenvalue weighted by atomic mass is 32.1. The molecule has 0 radical (unpaired) electrons. The van der Waals surface area contributed by atoms with E-state index in [0.717, 1.165) is 52.7 Å². The van der Waals surface area contributed by atoms with Crippen LogP contribution >= 0.6 is 11.3 Å². The largest absolute Gasteiger partial charge is 0.488 e. The minimum atomic E-state index is -0.777. The van der Waals surface area contributed by atoms with Crippen LogP contribution in [0.15, 0.2) is 42.5 Å². The molecule has 5 nitrogen and oxygen atoms in total. The third-order valence-electron chi connectivity index (χ3n) is 5.56. The minimum absolute atomic E-state index is 0.0315. The summed E-state index contributed by atoms with van der Waals surface area (Å²) in [4.78, 5) is 18.0. The van der Waals surface area contributed by atoms with Crippen LogP contribution in [0.5, 0.6) is 5.75 Å². The standard InChI is InChI=1S/C23H20F2N2O3S/c1-26(19-4-2-15(24)11-18(19)25)23(28)21-10-14-13-30-20-5-3-16(12-17(20)22(14)31-21)27-6-8-29-9-7-27/h2-5,10-12H,6-9,13H2,1H3. The van der Waals surface area contributed by atoms with Crippen molar-refractivity contribution in [3.05, 3.63) is 64.5 Å². The fraction of sp³-hybridized carbons (Fsp3) is 0.261. The van der Waals surface area contributed by atoms with E-state index in [4.69, 9.17) is 9.47 Å². The first-order valence-electron chi connectivity index (χ1n) is 9.97. The van der Waals surface area contributed by atoms with E-state index in [1.165, 1.54) is 29.4 Å². The Balaban J connectivity index is 1.47. The van der Waals surface area contributed by atoms with E-state index in [1.54, 1.807) is 6.07 Å². The predicted molar refractivity (Wildman–Crippen MR) is 116 cm³/mol. The number of hydrogen-bond acceptors (Lipinski definition) is 5. The lowest BCUT2D eigenvalue weighted by Crippen LogP contribution is -2.36. The van der Waals surface area contributed by atoms with E-state index >= 15 is 0 Å². The van der Waals surface area contributed by atoms with Crippen LogP contribution < -0.4 is 14.5 Å². The van der Waals surface area contributed by atoms with Gasteiger partial charge >= 0.3 is 0 Å². The van der Waals surface area contributed by atoms with Crippen molar-refractivity contribution in [2.24, 2.45) is 0 Å². The third-order valence-corrected chi connectivity index (χ3v) is 6.76. The fourth-order valence-corrected chi connectivity index (χ4v) is 5.06. The number of thiophene rings is 1. The van der Waals surface area contributed by atoms with Crippen molar-refractivity contribution in [3.63, 3.8) is 0 Å². The molecule has 0 atom stereocenters. The molecule has 0 N–H and O–H groups in total. The average molecular weight is 442 g/mol. The summed E-state index contributed by atoms with van der Waals surface area (Å²) in [6.45, 7) is 3.42. The van der Waals surface area contributed by atoms with Gasteiger partial charge in [0.05, 0.1) is 23.8 Å². The number of fused-ring (bicyclic) bond motifs is 3. The van der Waals surface area contributed by atoms with E-state index in [0.29, 0.717) is 24.7 Å². The van der Waals surface area contributed by atoms with Crippen molar-refractivity contribution in [1.82, 2.24) is 0 Å². The Hall–Kier alpha value is -2.97. The maximum absolute atomic E-state index is 14.2. The maximum atomic E-state index is 14.2. The Bertz CT molecular complexity index is 1160. The van der Waals surface area contributed by atoms with Gasteiger partial charge in [0.25, 0.3) is 5.91 Å². The Labute approximate surface area is 182 Å². The number of amides is 1. The van der Waals surface area contributed by atoms with Crippen LogP contribution in [0.2, 0.25) is 0 Å². The first-order chi connectivity index (χ1) is 15.0. The highest BCUT2D eigenvalue weighted by Crippen LogP contribution is 2.44. The molecule has 1 saturated heterocycles. The fourth-order valence-electron chi connectivity index (χ4n) is 3.89. The van der Waals surface area contributed by atoms with Gasteiger partial charge in [-0.2, -0.15) is 0 Å². The molecular weight excluding hydrogens is 422 g/mol. The van der Waals surface area contributed by atoms with Crippen molar-refractivity contribution in [1.29, 1.82) is 0 Å². The zero-order valence-corrected chi connectivity index (χ0v) is 17.7. The number of carbonyl (C=O) groups is 1. The lowest BCUT2D eigenvalue weighted by molar-refractivity contribution is 0.0996. The molecule has 1 amide bonds. The molecule has 2 aliphatic rings. The minimum Gasteiger partial charge on any atom is -0.488 e. The molecule has 0 unspecified atom stereocenters. The molecule has 0 bridgehead atoms. The first kappa shape index (κ1) is 20.0. The molecule has 31 heavy (non-hydrogen) atoms. The van der Waals surface area contributed by atoms with Crippen LogP contribution in [0.4, 0.5) is 20.2 Å². The lowest BCUT2D eigenvalue weighted by Gasteiger charge is -2.30. The number of halogens is 2. The second kappa shape index (κ2) is 7.94. The monoisotopic (exact) mass is 442 g/mol. The summed E-state index contributed by atoms with van der Waals surface area (Å²) < 4.78 is 38.7. The molecule has 0 aliphatic carbocycles. The number of benzene rings is 2. The van der Waals surface area contributed by atoms with Crippen molar-refractivity contribution in [2.45, 2.75) is 6.61 Å². The van der Waals surface area contributed by atoms with Gasteiger partial charge in [-0.25, -0.2) is 8.78 Å². The van der Waals surface area contributed by atoms with Gasteiger partial charge in [0.15, 0.2) is 0 Å². The quantitative estimate of drug-likeness (QED) is 0.590. The van der Waals surface area contributed by atoms with Crippen molar-refractivity contribution in [2.75, 3.05) is 43.2 Å². The number of anilines is 2. The molecule has 8 heteroatoms. The van der Waals surface area contributed by atoms with E-state index in [2.05, 4.69) is 11.0 Å². The molecular formula is C23H20F2N2O3S. The predicted octanol–water partition coefficient (Wildman–Crippen LogP) is 4.70. The Morgan fingerprint density at radius 3 is 2.68 bits per heavy atom. The van der Waals surface area contributed by atoms with Crippen LogP contribution in [-0.4, -0.2) is 39.3 Å². The normalized spacial score (nSPS) is 15.1. The van der Waals surface area contributed by atoms with E-state index < -0.39 is 11.6 Å². The Morgan fingerprint density at radius 1 is 1.10 bits per heavy atom. The van der Waals surface area contributed by atoms with E-state index in [-0.39, 0.29) is 11.6 Å². The number of rotatable bonds is 3. The summed E-state index contributed by atoms with van der Waals surface area (Å²) in [5.41, 5.74) is 2.99. The van der Waals surface area contributed by atoms with Crippen molar-refractivity contribution in [3.8, 4) is 16.2 Å². The highest BCUT2D eigenvalue weighted by Gasteiger charge is 2.26. The second-order valence-corrected chi connectivity index (χ2v) is 8.55. The van der Waals surface area contributed by atoms with Crippen molar-refractivity contribution >= 4 is 28.6 Å². The van der Waals surface area contributed by atoms with Gasteiger partial charge in [0.2, 0.25) is 0 Å². The highest BCUT2D eigenvalue weighted by molar-refractivity contribution is 7.17. The van der Waals surface area contributed by atoms with Crippen molar-refractivity contribution < 1.29 is 23.0 Å². The molecule has 5 rings (SSSR count). The Kier molecular flexibility index (Phi) is 5.11. The average Bonchev–Trinajstić information content (AvgIpc) is 3.23. The molecule has 2 aromatic carbocycles. The van der Waals surface area contributed by atoms with Gasteiger partial charge in [-0.1, -0.05) is 0 Å². The topological polar surface area (TPSA) is 42.0 Å². The number of hydrogen-bond donors (Lipinski definition) is 0. The van der Waals surface area contributed by atoms with Crippen LogP contribution in [0.3, 0.4) is 0 Å². The third kappa shape index (κ3) is 3.66. The SMILES string of the molecule is CN(C(=O)c1cc2c(s1)-c1cc(N3CCOCC3)ccc1OC2)c1ccc(F)cc1F. The Morgan fingerprint density at radius 2 is 1.90 bits per heavy atom. The molecule has 1 fully saturated rings. The maximum Gasteiger partial charge on any atom is 0.268 e. The molecule has 3 heterocycles. The number of carbonyl (C=O) groups excluding carboxylic acids is 1. The summed E-state index contributed by atoms with van der Waals surface area (Å²) in [6.07, 6.45) is 0. The first-order valence-corrected chi connectivity index (χ1v) is 10.8. The lowest BCUT2D eigenvalue weighted by atomic mass is 10.0. The summed E-state index contributed by atoms with van der Waals surface area (Å²) in [6, 6.07) is 11.1. The van der Waals surface area contributed by atoms with Gasteiger partial charge in [-0.05, 0) is 36.4 Å². The number of ether oxygens (including phenoxy) is 2. The molecule has 2 aliphatic heterocycles. The second-order valence-electron chi connectivity index (χ2n) is 7.49. The zero-order chi connectivity index (χ0) is 21.5. The van der Waals surface area contributed by atoms with Gasteiger partial charge < -0.3 is 19.3 Å². The summed E-state index contributed by atoms with van der Waals surface area (Å²) >= 11 is 1.36. The smallest absolute Gasteiger partial charge is 0.268 e. The van der Waals surface area contributed by atoms with E-state index in [9.17, 15) is 13.6 Å². The van der Waals surface area contributed by atoms with Gasteiger partial charge in [0, 0.05) is 47.9 Å². The zero-order valence-electron chi connectivity index (χ0n) is 16.9. The van der Waals surface area contributed by atoms with Crippen LogP contribution in [0.1, 0.15) is 15.2 Å². The summed E-state index contributed by atoms with van der Waals surface area (Å²) in [7, 11) is 1.48. The van der Waals surface area contributed by atoms with Gasteiger partial charge in [-0.15, -0.1) is 11.3 Å². The molecule has 0 saturated carbocycles. The van der Waals surface area contributed by atoms with Gasteiger partial charge in [0.1, 0.15) is 24.0 Å². The number of morpholine rings is 1. The van der Waals surface area contributed by atoms with E-state index in [1.807, 2.05) is 12.1 Å².